The summed E-state index contributed by atoms with van der Waals surface area (Å²) < 4.78 is 89.9. The predicted octanol–water partition coefficient (Wildman–Crippen LogP) is -2.59. The summed E-state index contributed by atoms with van der Waals surface area (Å²) in [5.41, 5.74) is 18.5. The number of aliphatic hydroxyl groups excluding tert-OH is 1. The van der Waals surface area contributed by atoms with Crippen molar-refractivity contribution in [1.82, 2.24) is 20.2 Å². The zero-order valence-corrected chi connectivity index (χ0v) is 51.2. The highest BCUT2D eigenvalue weighted by Crippen LogP contribution is 2.43. The normalized spacial score (nSPS) is 28.4. The number of aliphatic hydroxyl groups is 1. The number of urea groups is 1. The lowest BCUT2D eigenvalue weighted by Gasteiger charge is -2.47. The van der Waals surface area contributed by atoms with E-state index in [2.05, 4.69) is 15.6 Å². The Bertz CT molecular complexity index is 2580. The molecule has 25 nitrogen and oxygen atoms in total. The van der Waals surface area contributed by atoms with Crippen LogP contribution in [0.4, 0.5) is 4.79 Å². The first-order valence-corrected chi connectivity index (χ1v) is 37.3. The largest absolute Gasteiger partial charge is 0.497 e. The van der Waals surface area contributed by atoms with Crippen molar-refractivity contribution in [2.24, 2.45) is 17.2 Å². The summed E-state index contributed by atoms with van der Waals surface area (Å²) in [6, 6.07) is 25.8. The molecule has 4 aromatic rings. The van der Waals surface area contributed by atoms with Crippen molar-refractivity contribution in [2.75, 3.05) is 53.0 Å². The Morgan fingerprint density at radius 2 is 1.41 bits per heavy atom. The van der Waals surface area contributed by atoms with E-state index in [0.717, 1.165) is 16.7 Å². The van der Waals surface area contributed by atoms with E-state index in [1.807, 2.05) is 78.9 Å². The van der Waals surface area contributed by atoms with E-state index in [0.29, 0.717) is 55.3 Å². The first-order valence-electron chi connectivity index (χ1n) is 24.8. The minimum absolute atomic E-state index is 0.0659. The molecule has 10 atom stereocenters. The summed E-state index contributed by atoms with van der Waals surface area (Å²) in [6.45, 7) is 3.14. The van der Waals surface area contributed by atoms with Gasteiger partial charge in [0, 0.05) is 49.4 Å². The molecule has 75 heavy (non-hydrogen) atoms. The molecule has 4 saturated heterocycles. The fourth-order valence-corrected chi connectivity index (χ4v) is 38.4. The lowest BCUT2D eigenvalue weighted by atomic mass is 9.80. The fraction of sp³-hybridized carbons (Fsp3) is 0.452. The number of H-pyrrole nitrogens is 1. The summed E-state index contributed by atoms with van der Waals surface area (Å²) in [5, 5.41) is 17.0. The highest BCUT2D eigenvalue weighted by molar-refractivity contribution is 6.87. The molecule has 0 saturated carbocycles. The molecular formula is C42H67N7O18Si8. The van der Waals surface area contributed by atoms with Gasteiger partial charge in [-0.1, -0.05) is 54.6 Å². The molecule has 410 valence electrons. The maximum atomic E-state index is 13.0. The maximum Gasteiger partial charge on any atom is 0.478 e. The van der Waals surface area contributed by atoms with Crippen molar-refractivity contribution < 1.29 is 70.0 Å². The number of aryl methyl sites for hydroxylation is 1. The SMILES string of the molecule is COc1ccc(C(OC[C@H]2O[C@@H](n3cc(C)c(=O)[nH]c3=O)C[C@H]2O)(c2ccccc2)c2ccc(OCCCNC(=O)NCC[SiH]3O[SiH2]O[SiH]4O[SiH]5O[SiH2]O[SiH](CCN)O[Si](CCN)(O5)O[Si](CCN)(O3)O4)cc2)cc1. The molecule has 0 spiro atoms. The van der Waals surface area contributed by atoms with Gasteiger partial charge in [-0.2, -0.15) is 0 Å². The number of nitrogens with zero attached hydrogens (tertiary/aromatic N) is 1. The van der Waals surface area contributed by atoms with Crippen molar-refractivity contribution in [3.63, 3.8) is 0 Å². The first kappa shape index (κ1) is 57.5. The average molecular weight is 1180 g/mol. The second-order valence-electron chi connectivity index (χ2n) is 17.8. The van der Waals surface area contributed by atoms with Crippen LogP contribution in [0.2, 0.25) is 24.2 Å². The highest BCUT2D eigenvalue weighted by Gasteiger charge is 2.61. The molecule has 1 aromatic heterocycles. The molecule has 5 heterocycles. The van der Waals surface area contributed by atoms with Crippen LogP contribution in [-0.2, 0) is 56.2 Å². The van der Waals surface area contributed by atoms with Crippen LogP contribution in [0.5, 0.6) is 11.5 Å². The van der Waals surface area contributed by atoms with Crippen LogP contribution in [0.3, 0.4) is 0 Å². The number of carbonyl (C=O) groups excluding carboxylic acids is 1. The van der Waals surface area contributed by atoms with E-state index < -0.39 is 111 Å². The first-order chi connectivity index (χ1) is 36.4. The number of methoxy groups -OCH3 is 1. The van der Waals surface area contributed by atoms with E-state index in [4.69, 9.17) is 77.3 Å². The van der Waals surface area contributed by atoms with Gasteiger partial charge in [-0.25, -0.2) is 9.59 Å². The molecule has 8 rings (SSSR count). The Balaban J connectivity index is 0.865. The number of aromatic nitrogens is 2. The number of aromatic amines is 1. The van der Waals surface area contributed by atoms with Crippen LogP contribution in [0.25, 0.3) is 0 Å². The third-order valence-corrected chi connectivity index (χ3v) is 36.9. The number of hydrogen-bond donors (Lipinski definition) is 7. The fourth-order valence-electron chi connectivity index (χ4n) is 8.80. The van der Waals surface area contributed by atoms with Crippen molar-refractivity contribution in [1.29, 1.82) is 0 Å². The van der Waals surface area contributed by atoms with Gasteiger partial charge in [0.1, 0.15) is 29.4 Å². The zero-order valence-electron chi connectivity index (χ0n) is 41.8. The van der Waals surface area contributed by atoms with Crippen LogP contribution in [0.15, 0.2) is 94.6 Å². The van der Waals surface area contributed by atoms with Gasteiger partial charge in [0.05, 0.1) is 26.4 Å². The van der Waals surface area contributed by atoms with E-state index in [1.165, 1.54) is 10.8 Å². The molecule has 7 unspecified atom stereocenters. The number of fused-ring (bicyclic) bond motifs is 4. The monoisotopic (exact) mass is 1180 g/mol. The number of hydrogen-bond acceptors (Lipinski definition) is 21. The smallest absolute Gasteiger partial charge is 0.478 e. The number of carbonyl (C=O) groups is 1. The summed E-state index contributed by atoms with van der Waals surface area (Å²) in [5.74, 6) is 1.25. The van der Waals surface area contributed by atoms with Gasteiger partial charge in [-0.3, -0.25) is 14.3 Å². The van der Waals surface area contributed by atoms with Crippen LogP contribution < -0.4 is 48.6 Å². The topological polar surface area (TPSA) is 324 Å². The standard InChI is InChI=1S/C42H67N7O18Si8/c1-30-28-49(41(53)48-39(30)51)38-27-36(50)37(57-38)29-56-42(31-7-4-3-5-8-31,32-9-13-34(54-2)14-10-32)33-11-15-35(16-12-33)55-22-6-20-46-40(52)47-21-24-71-59-69-61-73-62-72-60-68-58-70(23-17-43)63-74(65-72,25-18-44)67-75(64-71,66-73)26-19-45/h3-5,7-16,28,36-38,50,70-73H,6,17-27,29,43-45,68-69H2,1-2H3,(H2,46,47,52)(H,48,51,53)/t36-,37-,38-,42?,70?,71?,72?,73?,74?,75?/m1/s1. The molecule has 4 aliphatic heterocycles. The van der Waals surface area contributed by atoms with Crippen molar-refractivity contribution in [2.45, 2.75) is 68.0 Å². The number of amides is 2. The Labute approximate surface area is 447 Å². The summed E-state index contributed by atoms with van der Waals surface area (Å²) in [4.78, 5) is 40.1. The van der Waals surface area contributed by atoms with Crippen molar-refractivity contribution >= 4 is 81.3 Å². The van der Waals surface area contributed by atoms with E-state index in [1.54, 1.807) is 14.0 Å². The van der Waals surface area contributed by atoms with E-state index in [-0.39, 0.29) is 50.8 Å². The number of nitrogens with two attached hydrogens (primary N) is 3. The molecule has 33 heteroatoms. The van der Waals surface area contributed by atoms with Crippen LogP contribution >= 0.6 is 0 Å². The molecule has 4 fully saturated rings. The summed E-state index contributed by atoms with van der Waals surface area (Å²) in [6.07, 6.45) is -0.579. The molecule has 0 radical (unpaired) electrons. The summed E-state index contributed by atoms with van der Waals surface area (Å²) in [7, 11) is -19.4. The van der Waals surface area contributed by atoms with Crippen LogP contribution in [0.1, 0.15) is 41.3 Å². The third-order valence-electron chi connectivity index (χ3n) is 12.5. The zero-order chi connectivity index (χ0) is 52.8. The second-order valence-corrected chi connectivity index (χ2v) is 37.0. The molecule has 0 aliphatic carbocycles. The number of benzene rings is 3. The molecule has 4 aliphatic rings. The minimum atomic E-state index is -3.72. The number of rotatable bonds is 22. The van der Waals surface area contributed by atoms with Gasteiger partial charge in [-0.05, 0) is 80.0 Å². The Kier molecular flexibility index (Phi) is 20.9. The lowest BCUT2D eigenvalue weighted by Crippen LogP contribution is -2.70. The number of ether oxygens (including phenoxy) is 4. The highest BCUT2D eigenvalue weighted by atomic mass is 28.6. The van der Waals surface area contributed by atoms with Gasteiger partial charge in [-0.15, -0.1) is 0 Å². The van der Waals surface area contributed by atoms with E-state index >= 15 is 0 Å². The minimum Gasteiger partial charge on any atom is -0.497 e. The second kappa shape index (κ2) is 27.3. The molecule has 2 amide bonds. The van der Waals surface area contributed by atoms with Gasteiger partial charge < -0.3 is 93.0 Å². The summed E-state index contributed by atoms with van der Waals surface area (Å²) >= 11 is 0. The van der Waals surface area contributed by atoms with Gasteiger partial charge in [0.25, 0.3) is 25.6 Å². The van der Waals surface area contributed by atoms with Gasteiger partial charge in [0.15, 0.2) is 0 Å². The third kappa shape index (κ3) is 14.7. The van der Waals surface area contributed by atoms with Crippen LogP contribution in [0, 0.1) is 6.92 Å². The molecule has 3 aromatic carbocycles. The number of nitrogens with one attached hydrogen (secondary N) is 3. The van der Waals surface area contributed by atoms with E-state index in [9.17, 15) is 19.5 Å². The molecule has 10 N–H and O–H groups in total. The van der Waals surface area contributed by atoms with Crippen LogP contribution in [-0.4, -0.2) is 161 Å². The quantitative estimate of drug-likeness (QED) is 0.0241. The predicted molar refractivity (Wildman–Crippen MR) is 288 cm³/mol. The lowest BCUT2D eigenvalue weighted by molar-refractivity contribution is -0.0944. The Morgan fingerprint density at radius 1 is 0.813 bits per heavy atom. The molecular weight excluding hydrogens is 1120 g/mol. The van der Waals surface area contributed by atoms with Gasteiger partial charge >= 0.3 is 67.0 Å². The Hall–Kier alpha value is -3.69. The van der Waals surface area contributed by atoms with Crippen molar-refractivity contribution in [3.8, 4) is 11.5 Å². The van der Waals surface area contributed by atoms with Crippen molar-refractivity contribution in [3.05, 3.63) is 128 Å². The maximum absolute atomic E-state index is 13.0. The molecule has 4 bridgehead atoms. The Morgan fingerprint density at radius 3 is 2.03 bits per heavy atom. The average Bonchev–Trinajstić information content (AvgIpc) is 3.76. The van der Waals surface area contributed by atoms with Gasteiger partial charge in [0.2, 0.25) is 0 Å².